The molecule has 1 atom stereocenters. The number of nitrogens with zero attached hydrogens (tertiary/aromatic N) is 2. The second-order valence-electron chi connectivity index (χ2n) is 3.72. The van der Waals surface area contributed by atoms with Gasteiger partial charge >= 0.3 is 5.97 Å². The lowest BCUT2D eigenvalue weighted by Gasteiger charge is -2.25. The molecule has 1 rings (SSSR count). The fourth-order valence-corrected chi connectivity index (χ4v) is 2.11. The fraction of sp³-hybridized carbons (Fsp3) is 0.455. The first-order valence-corrected chi connectivity index (χ1v) is 6.48. The average molecular weight is 258 g/mol. The Balaban J connectivity index is 3.06. The maximum Gasteiger partial charge on any atom is 0.338 e. The lowest BCUT2D eigenvalue weighted by Crippen LogP contribution is -2.32. The highest BCUT2D eigenvalue weighted by molar-refractivity contribution is 7.98. The molecular weight excluding hydrogens is 243 g/mol. The Hall–Kier alpha value is -1.30. The molecule has 1 aromatic heterocycles. The number of halogens is 1. The summed E-state index contributed by atoms with van der Waals surface area (Å²) in [4.78, 5) is 16.4. The predicted octanol–water partition coefficient (Wildman–Crippen LogP) is 2.11. The summed E-state index contributed by atoms with van der Waals surface area (Å²) in [5, 5.41) is 8.82. The van der Waals surface area contributed by atoms with Gasteiger partial charge in [-0.25, -0.2) is 14.2 Å². The second kappa shape index (κ2) is 5.86. The summed E-state index contributed by atoms with van der Waals surface area (Å²) in [6, 6.07) is 1.24. The molecule has 0 spiro atoms. The van der Waals surface area contributed by atoms with Gasteiger partial charge in [0.25, 0.3) is 0 Å². The van der Waals surface area contributed by atoms with Gasteiger partial charge < -0.3 is 10.0 Å². The molecule has 94 valence electrons. The Morgan fingerprint density at radius 2 is 2.35 bits per heavy atom. The zero-order chi connectivity index (χ0) is 13.0. The molecule has 0 saturated heterocycles. The van der Waals surface area contributed by atoms with Crippen molar-refractivity contribution >= 4 is 23.5 Å². The lowest BCUT2D eigenvalue weighted by atomic mass is 10.2. The van der Waals surface area contributed by atoms with Crippen LogP contribution < -0.4 is 4.90 Å². The fourth-order valence-electron chi connectivity index (χ4n) is 1.41. The number of pyridine rings is 1. The summed E-state index contributed by atoms with van der Waals surface area (Å²) < 4.78 is 13.9. The number of hydrogen-bond donors (Lipinski definition) is 1. The summed E-state index contributed by atoms with van der Waals surface area (Å²) in [5.41, 5.74) is -0.349. The van der Waals surface area contributed by atoms with Crippen LogP contribution in [0.4, 0.5) is 10.2 Å². The molecule has 0 bridgehead atoms. The van der Waals surface area contributed by atoms with Crippen molar-refractivity contribution in [2.24, 2.45) is 0 Å². The molecule has 1 heterocycles. The Kier molecular flexibility index (Phi) is 4.74. The summed E-state index contributed by atoms with van der Waals surface area (Å²) >= 11 is 1.64. The maximum atomic E-state index is 13.9. The number of rotatable bonds is 5. The Morgan fingerprint density at radius 3 is 2.88 bits per heavy atom. The van der Waals surface area contributed by atoms with Gasteiger partial charge in [0.05, 0.1) is 0 Å². The minimum absolute atomic E-state index is 0.0754. The first kappa shape index (κ1) is 13.8. The van der Waals surface area contributed by atoms with Crippen molar-refractivity contribution in [3.05, 3.63) is 23.6 Å². The molecule has 1 aromatic rings. The zero-order valence-electron chi connectivity index (χ0n) is 9.98. The SMILES string of the molecule is CSCC(C)N(C)c1nccc(C(=O)O)c1F. The maximum absolute atomic E-state index is 13.9. The van der Waals surface area contributed by atoms with Crippen LogP contribution in [0.2, 0.25) is 0 Å². The lowest BCUT2D eigenvalue weighted by molar-refractivity contribution is 0.0691. The number of carboxylic acids is 1. The summed E-state index contributed by atoms with van der Waals surface area (Å²) in [7, 11) is 1.71. The highest BCUT2D eigenvalue weighted by atomic mass is 32.2. The summed E-state index contributed by atoms with van der Waals surface area (Å²) in [6.07, 6.45) is 3.27. The van der Waals surface area contributed by atoms with Gasteiger partial charge in [0, 0.05) is 25.0 Å². The van der Waals surface area contributed by atoms with Crippen molar-refractivity contribution < 1.29 is 14.3 Å². The quantitative estimate of drug-likeness (QED) is 0.876. The molecular formula is C11H15FN2O2S. The van der Waals surface area contributed by atoms with Gasteiger partial charge in [-0.1, -0.05) is 0 Å². The highest BCUT2D eigenvalue weighted by Gasteiger charge is 2.20. The van der Waals surface area contributed by atoms with Crippen LogP contribution in [0, 0.1) is 5.82 Å². The van der Waals surface area contributed by atoms with E-state index in [9.17, 15) is 9.18 Å². The van der Waals surface area contributed by atoms with E-state index in [1.807, 2.05) is 13.2 Å². The molecule has 0 aliphatic heterocycles. The molecule has 0 amide bonds. The van der Waals surface area contributed by atoms with Crippen molar-refractivity contribution in [1.29, 1.82) is 0 Å². The minimum atomic E-state index is -1.28. The third-order valence-corrected chi connectivity index (χ3v) is 3.32. The first-order chi connectivity index (χ1) is 7.99. The van der Waals surface area contributed by atoms with E-state index in [1.165, 1.54) is 6.20 Å². The van der Waals surface area contributed by atoms with Gasteiger partial charge in [-0.3, -0.25) is 0 Å². The number of thioether (sulfide) groups is 1. The number of aromatic nitrogens is 1. The van der Waals surface area contributed by atoms with Crippen LogP contribution in [-0.4, -0.2) is 41.2 Å². The van der Waals surface area contributed by atoms with Crippen molar-refractivity contribution in [3.8, 4) is 0 Å². The van der Waals surface area contributed by atoms with Gasteiger partial charge in [0.15, 0.2) is 11.6 Å². The standard InChI is InChI=1S/C11H15FN2O2S/c1-7(6-17-3)14(2)10-9(12)8(11(15)16)4-5-13-10/h4-5,7H,6H2,1-3H3,(H,15,16). The molecule has 6 heteroatoms. The number of carboxylic acid groups (broad SMARTS) is 1. The molecule has 0 saturated carbocycles. The minimum Gasteiger partial charge on any atom is -0.478 e. The van der Waals surface area contributed by atoms with E-state index in [0.717, 1.165) is 11.8 Å². The van der Waals surface area contributed by atoms with E-state index >= 15 is 0 Å². The van der Waals surface area contributed by atoms with E-state index < -0.39 is 11.8 Å². The normalized spacial score (nSPS) is 12.2. The highest BCUT2D eigenvalue weighted by Crippen LogP contribution is 2.21. The van der Waals surface area contributed by atoms with E-state index in [1.54, 1.807) is 23.7 Å². The van der Waals surface area contributed by atoms with Crippen LogP contribution >= 0.6 is 11.8 Å². The molecule has 17 heavy (non-hydrogen) atoms. The number of aromatic carboxylic acids is 1. The van der Waals surface area contributed by atoms with E-state index in [-0.39, 0.29) is 17.4 Å². The zero-order valence-corrected chi connectivity index (χ0v) is 10.8. The van der Waals surface area contributed by atoms with Crippen LogP contribution in [0.3, 0.4) is 0 Å². The molecule has 4 nitrogen and oxygen atoms in total. The molecule has 1 N–H and O–H groups in total. The Labute approximate surface area is 104 Å². The Bertz CT molecular complexity index is 414. The molecule has 0 aromatic carbocycles. The molecule has 1 unspecified atom stereocenters. The van der Waals surface area contributed by atoms with Crippen molar-refractivity contribution in [2.45, 2.75) is 13.0 Å². The van der Waals surface area contributed by atoms with Crippen LogP contribution in [0.5, 0.6) is 0 Å². The predicted molar refractivity (Wildman–Crippen MR) is 67.4 cm³/mol. The third kappa shape index (κ3) is 3.09. The van der Waals surface area contributed by atoms with Crippen molar-refractivity contribution in [3.63, 3.8) is 0 Å². The van der Waals surface area contributed by atoms with Gasteiger partial charge in [-0.05, 0) is 19.2 Å². The smallest absolute Gasteiger partial charge is 0.338 e. The molecule has 0 aliphatic rings. The molecule has 0 fully saturated rings. The van der Waals surface area contributed by atoms with Gasteiger partial charge in [0.1, 0.15) is 5.56 Å². The number of carbonyl (C=O) groups is 1. The average Bonchev–Trinajstić information content (AvgIpc) is 2.28. The Morgan fingerprint density at radius 1 is 1.71 bits per heavy atom. The van der Waals surface area contributed by atoms with Gasteiger partial charge in [0.2, 0.25) is 0 Å². The molecule has 0 aliphatic carbocycles. The largest absolute Gasteiger partial charge is 0.478 e. The topological polar surface area (TPSA) is 53.4 Å². The van der Waals surface area contributed by atoms with Crippen LogP contribution in [0.25, 0.3) is 0 Å². The first-order valence-electron chi connectivity index (χ1n) is 5.08. The summed E-state index contributed by atoms with van der Waals surface area (Å²) in [6.45, 7) is 1.94. The van der Waals surface area contributed by atoms with Crippen molar-refractivity contribution in [1.82, 2.24) is 4.98 Å². The van der Waals surface area contributed by atoms with E-state index in [4.69, 9.17) is 5.11 Å². The van der Waals surface area contributed by atoms with E-state index in [2.05, 4.69) is 4.98 Å². The monoisotopic (exact) mass is 258 g/mol. The number of anilines is 1. The van der Waals surface area contributed by atoms with E-state index in [0.29, 0.717) is 0 Å². The van der Waals surface area contributed by atoms with Crippen LogP contribution in [-0.2, 0) is 0 Å². The van der Waals surface area contributed by atoms with Crippen LogP contribution in [0.1, 0.15) is 17.3 Å². The molecule has 0 radical (unpaired) electrons. The third-order valence-electron chi connectivity index (χ3n) is 2.50. The van der Waals surface area contributed by atoms with Gasteiger partial charge in [-0.2, -0.15) is 11.8 Å². The van der Waals surface area contributed by atoms with Gasteiger partial charge in [-0.15, -0.1) is 0 Å². The number of hydrogen-bond acceptors (Lipinski definition) is 4. The van der Waals surface area contributed by atoms with Crippen LogP contribution in [0.15, 0.2) is 12.3 Å². The van der Waals surface area contributed by atoms with Crippen molar-refractivity contribution in [2.75, 3.05) is 24.0 Å². The second-order valence-corrected chi connectivity index (χ2v) is 4.63. The summed E-state index contributed by atoms with van der Waals surface area (Å²) in [5.74, 6) is -1.17.